The highest BCUT2D eigenvalue weighted by Crippen LogP contribution is 2.43. The summed E-state index contributed by atoms with van der Waals surface area (Å²) < 4.78 is 65.2. The van der Waals surface area contributed by atoms with E-state index in [-0.39, 0.29) is 52.9 Å². The number of carbonyl (C=O) groups excluding carboxylic acids is 2. The molecule has 1 N–H and O–H groups in total. The van der Waals surface area contributed by atoms with Gasteiger partial charge in [-0.15, -0.1) is 0 Å². The van der Waals surface area contributed by atoms with Crippen molar-refractivity contribution in [3.63, 3.8) is 0 Å². The van der Waals surface area contributed by atoms with Gasteiger partial charge in [-0.25, -0.2) is 27.5 Å². The number of alkyl halides is 2. The third-order valence-electron chi connectivity index (χ3n) is 8.58. The Bertz CT molecular complexity index is 1900. The van der Waals surface area contributed by atoms with E-state index in [1.165, 1.54) is 34.2 Å². The maximum atomic E-state index is 15.2. The predicted octanol–water partition coefficient (Wildman–Crippen LogP) is 7.15. The first-order valence-corrected chi connectivity index (χ1v) is 15.7. The molecule has 0 bridgehead atoms. The fraction of sp³-hybridized carbons (Fsp3) is 0.394. The largest absolute Gasteiger partial charge is 0.369 e. The lowest BCUT2D eigenvalue weighted by Gasteiger charge is -2.25. The normalized spacial score (nSPS) is 18.2. The Morgan fingerprint density at radius 2 is 1.92 bits per heavy atom. The molecule has 1 saturated carbocycles. The van der Waals surface area contributed by atoms with Gasteiger partial charge in [-0.05, 0) is 64.2 Å². The van der Waals surface area contributed by atoms with E-state index >= 15 is 8.78 Å². The minimum absolute atomic E-state index is 0.00618. The molecule has 6 rings (SSSR count). The number of carbonyl (C=O) groups is 2. The second-order valence-electron chi connectivity index (χ2n) is 12.9. The predicted molar refractivity (Wildman–Crippen MR) is 169 cm³/mol. The first kappa shape index (κ1) is 33.5. The Morgan fingerprint density at radius 3 is 2.54 bits per heavy atom. The molecule has 1 aliphatic carbocycles. The minimum Gasteiger partial charge on any atom is -0.369 e. The van der Waals surface area contributed by atoms with Crippen molar-refractivity contribution >= 4 is 34.9 Å². The fourth-order valence-corrected chi connectivity index (χ4v) is 5.93. The molecule has 1 unspecified atom stereocenters. The second kappa shape index (κ2) is 12.9. The van der Waals surface area contributed by atoms with Gasteiger partial charge in [0.1, 0.15) is 0 Å². The van der Waals surface area contributed by atoms with Crippen molar-refractivity contribution in [1.82, 2.24) is 24.7 Å². The smallest absolute Gasteiger partial charge is 0.276 e. The number of aromatic nitrogens is 5. The van der Waals surface area contributed by atoms with Crippen LogP contribution in [0.5, 0.6) is 0 Å². The van der Waals surface area contributed by atoms with Gasteiger partial charge in [0.05, 0.1) is 52.7 Å². The van der Waals surface area contributed by atoms with Gasteiger partial charge < -0.3 is 10.1 Å². The zero-order valence-electron chi connectivity index (χ0n) is 26.5. The highest BCUT2D eigenvalue weighted by molar-refractivity contribution is 6.31. The van der Waals surface area contributed by atoms with Gasteiger partial charge in [-0.2, -0.15) is 5.10 Å². The van der Waals surface area contributed by atoms with Crippen molar-refractivity contribution in [1.29, 1.82) is 0 Å². The average Bonchev–Trinajstić information content (AvgIpc) is 3.57. The van der Waals surface area contributed by atoms with E-state index in [0.29, 0.717) is 12.1 Å². The molecule has 4 aromatic rings. The summed E-state index contributed by atoms with van der Waals surface area (Å²) in [5, 5.41) is 6.56. The van der Waals surface area contributed by atoms with E-state index in [1.54, 1.807) is 27.7 Å². The van der Waals surface area contributed by atoms with Crippen LogP contribution in [-0.2, 0) is 16.1 Å². The Hall–Kier alpha value is -4.43. The lowest BCUT2D eigenvalue weighted by molar-refractivity contribution is -0.123. The molecule has 15 heteroatoms. The molecule has 2 aliphatic rings. The summed E-state index contributed by atoms with van der Waals surface area (Å²) in [5.74, 6) is -2.42. The lowest BCUT2D eigenvalue weighted by atomic mass is 9.76. The van der Waals surface area contributed by atoms with E-state index in [9.17, 15) is 18.4 Å². The van der Waals surface area contributed by atoms with Crippen LogP contribution in [0.4, 0.5) is 29.1 Å². The summed E-state index contributed by atoms with van der Waals surface area (Å²) >= 11 is 5.90. The number of nitrogens with one attached hydrogen (secondary N) is 1. The van der Waals surface area contributed by atoms with Crippen molar-refractivity contribution in [2.24, 2.45) is 11.8 Å². The molecular weight excluding hydrogens is 654 g/mol. The van der Waals surface area contributed by atoms with E-state index in [4.69, 9.17) is 16.3 Å². The maximum absolute atomic E-state index is 15.2. The van der Waals surface area contributed by atoms with Crippen molar-refractivity contribution in [3.8, 4) is 11.3 Å². The molecule has 0 spiro atoms. The van der Waals surface area contributed by atoms with E-state index in [1.807, 2.05) is 0 Å². The van der Waals surface area contributed by atoms with Crippen LogP contribution < -0.4 is 10.2 Å². The summed E-state index contributed by atoms with van der Waals surface area (Å²) in [6.07, 6.45) is 4.15. The Labute approximate surface area is 278 Å². The fourth-order valence-electron chi connectivity index (χ4n) is 5.77. The van der Waals surface area contributed by atoms with Gasteiger partial charge in [0, 0.05) is 36.0 Å². The van der Waals surface area contributed by atoms with Gasteiger partial charge >= 0.3 is 0 Å². The molecule has 1 aromatic carbocycles. The first-order chi connectivity index (χ1) is 22.7. The maximum Gasteiger partial charge on any atom is 0.276 e. The Morgan fingerprint density at radius 1 is 1.15 bits per heavy atom. The molecule has 1 saturated heterocycles. The summed E-state index contributed by atoms with van der Waals surface area (Å²) in [6.45, 7) is 7.45. The molecular formula is C33H32ClF4N7O3. The van der Waals surface area contributed by atoms with Crippen molar-refractivity contribution in [3.05, 3.63) is 82.2 Å². The van der Waals surface area contributed by atoms with Gasteiger partial charge in [-0.1, -0.05) is 17.7 Å². The van der Waals surface area contributed by atoms with Crippen LogP contribution in [0.15, 0.2) is 43.0 Å². The molecule has 2 amide bonds. The zero-order chi connectivity index (χ0) is 34.5. The molecule has 4 heterocycles. The number of anilines is 2. The topological polar surface area (TPSA) is 115 Å². The molecule has 252 valence electrons. The minimum atomic E-state index is -3.06. The van der Waals surface area contributed by atoms with E-state index in [0.717, 1.165) is 31.2 Å². The second-order valence-corrected chi connectivity index (χ2v) is 13.3. The van der Waals surface area contributed by atoms with E-state index < -0.39 is 51.8 Å². The van der Waals surface area contributed by atoms with Crippen molar-refractivity contribution < 1.29 is 31.9 Å². The van der Waals surface area contributed by atoms with Gasteiger partial charge in [-0.3, -0.25) is 24.2 Å². The van der Waals surface area contributed by atoms with E-state index in [2.05, 4.69) is 25.4 Å². The number of hydrogen-bond acceptors (Lipinski definition) is 7. The monoisotopic (exact) mass is 685 g/mol. The highest BCUT2D eigenvalue weighted by Gasteiger charge is 2.47. The number of rotatable bonds is 9. The number of amides is 2. The number of hydrogen-bond donors (Lipinski definition) is 1. The molecule has 48 heavy (non-hydrogen) atoms. The zero-order valence-corrected chi connectivity index (χ0v) is 27.2. The molecule has 3 atom stereocenters. The SMILES string of the molecule is CC(c1cnc(N2C[C@H]3CC[C@H]3C2=O)c(F)c1)n1cc(NC(=O)c2nc(-c3c(C(F)F)ccc(Cl)c3F)cnc2COC(C)(C)C)cn1. The molecule has 10 nitrogen and oxygen atoms in total. The third kappa shape index (κ3) is 6.50. The summed E-state index contributed by atoms with van der Waals surface area (Å²) in [7, 11) is 0. The van der Waals surface area contributed by atoms with Crippen LogP contribution in [0.25, 0.3) is 11.3 Å². The first-order valence-electron chi connectivity index (χ1n) is 15.3. The van der Waals surface area contributed by atoms with Crippen LogP contribution in [-0.4, -0.2) is 48.7 Å². The third-order valence-corrected chi connectivity index (χ3v) is 8.87. The number of pyridine rings is 1. The average molecular weight is 686 g/mol. The van der Waals surface area contributed by atoms with Crippen molar-refractivity contribution in [2.75, 3.05) is 16.8 Å². The number of fused-ring (bicyclic) bond motifs is 1. The quantitative estimate of drug-likeness (QED) is 0.186. The standard InChI is InChI=1S/C33H32ClF4N7O3/c1-16(18-9-23(35)30(40-10-18)44-13-17-5-6-20(17)32(44)47)45-14-19(11-41-45)42-31(46)28-25(15-48-33(2,3)4)39-12-24(43-28)26-21(29(37)38)7-8-22(34)27(26)36/h7-12,14,16-17,20,29H,5-6,13,15H2,1-4H3,(H,42,46)/t16?,17-,20-/m1/s1. The number of benzene rings is 1. The highest BCUT2D eigenvalue weighted by atomic mass is 35.5. The van der Waals surface area contributed by atoms with Gasteiger partial charge in [0.25, 0.3) is 12.3 Å². The summed E-state index contributed by atoms with van der Waals surface area (Å²) in [4.78, 5) is 40.4. The molecule has 0 radical (unpaired) electrons. The Balaban J connectivity index is 1.25. The summed E-state index contributed by atoms with van der Waals surface area (Å²) in [5.41, 5.74) is -1.67. The molecule has 1 aliphatic heterocycles. The number of nitrogens with zero attached hydrogens (tertiary/aromatic N) is 6. The van der Waals surface area contributed by atoms with Crippen LogP contribution in [0.2, 0.25) is 5.02 Å². The number of ether oxygens (including phenoxy) is 1. The van der Waals surface area contributed by atoms with Crippen molar-refractivity contribution in [2.45, 2.75) is 65.2 Å². The van der Waals surface area contributed by atoms with Crippen LogP contribution in [0, 0.1) is 23.5 Å². The van der Waals surface area contributed by atoms with Crippen LogP contribution in [0.1, 0.15) is 80.3 Å². The van der Waals surface area contributed by atoms with Crippen LogP contribution >= 0.6 is 11.6 Å². The van der Waals surface area contributed by atoms with Gasteiger partial charge in [0.2, 0.25) is 5.91 Å². The molecule has 2 fully saturated rings. The number of halogens is 5. The van der Waals surface area contributed by atoms with Crippen LogP contribution in [0.3, 0.4) is 0 Å². The summed E-state index contributed by atoms with van der Waals surface area (Å²) in [6, 6.07) is 2.80. The Kier molecular flexibility index (Phi) is 8.98. The lowest BCUT2D eigenvalue weighted by Crippen LogP contribution is -2.29. The van der Waals surface area contributed by atoms with Gasteiger partial charge in [0.15, 0.2) is 23.1 Å². The molecule has 3 aromatic heterocycles.